The summed E-state index contributed by atoms with van der Waals surface area (Å²) in [4.78, 5) is 21.2. The molecule has 0 unspecified atom stereocenters. The van der Waals surface area contributed by atoms with Gasteiger partial charge in [-0.2, -0.15) is 0 Å². The Morgan fingerprint density at radius 3 is 2.15 bits per heavy atom. The summed E-state index contributed by atoms with van der Waals surface area (Å²) in [7, 11) is 1.33. The summed E-state index contributed by atoms with van der Waals surface area (Å²) in [5, 5.41) is 2.91. The van der Waals surface area contributed by atoms with Crippen LogP contribution in [0.15, 0.2) is 24.8 Å². The van der Waals surface area contributed by atoms with E-state index >= 15 is 0 Å². The summed E-state index contributed by atoms with van der Waals surface area (Å²) in [5.41, 5.74) is 0.336. The molecule has 0 fully saturated rings. The van der Waals surface area contributed by atoms with E-state index in [1.807, 2.05) is 13.8 Å². The van der Waals surface area contributed by atoms with Crippen molar-refractivity contribution in [2.24, 2.45) is 0 Å². The predicted octanol–water partition coefficient (Wildman–Crippen LogP) is 3.38. The van der Waals surface area contributed by atoms with Gasteiger partial charge in [-0.1, -0.05) is 39.3 Å². The van der Waals surface area contributed by atoms with Crippen LogP contribution in [0.25, 0.3) is 0 Å². The van der Waals surface area contributed by atoms with E-state index in [9.17, 15) is 9.59 Å². The van der Waals surface area contributed by atoms with E-state index in [1.165, 1.54) is 32.4 Å². The maximum absolute atomic E-state index is 11.0. The fourth-order valence-corrected chi connectivity index (χ4v) is 1.44. The zero-order valence-electron chi connectivity index (χ0n) is 13.5. The Labute approximate surface area is 123 Å². The van der Waals surface area contributed by atoms with E-state index in [2.05, 4.69) is 30.1 Å². The molecule has 0 saturated heterocycles. The van der Waals surface area contributed by atoms with Crippen LogP contribution in [0.3, 0.4) is 0 Å². The third-order valence-corrected chi connectivity index (χ3v) is 2.59. The highest BCUT2D eigenvalue weighted by Crippen LogP contribution is 2.13. The van der Waals surface area contributed by atoms with Crippen LogP contribution in [0.5, 0.6) is 0 Å². The second-order valence-electron chi connectivity index (χ2n) is 5.31. The molecule has 4 heteroatoms. The molecule has 0 aromatic rings. The zero-order chi connectivity index (χ0) is 16.2. The van der Waals surface area contributed by atoms with Gasteiger partial charge in [0.05, 0.1) is 7.11 Å². The van der Waals surface area contributed by atoms with Gasteiger partial charge < -0.3 is 10.1 Å². The summed E-state index contributed by atoms with van der Waals surface area (Å²) < 4.78 is 4.27. The van der Waals surface area contributed by atoms with Gasteiger partial charge in [-0.15, -0.1) is 0 Å². The van der Waals surface area contributed by atoms with E-state index < -0.39 is 0 Å². The van der Waals surface area contributed by atoms with Crippen LogP contribution in [0.4, 0.5) is 0 Å². The Hall–Kier alpha value is -1.58. The first kappa shape index (κ1) is 20.7. The van der Waals surface area contributed by atoms with Crippen LogP contribution < -0.4 is 5.32 Å². The van der Waals surface area contributed by atoms with Crippen molar-refractivity contribution in [2.45, 2.75) is 58.9 Å². The number of carbonyl (C=O) groups is 2. The number of ether oxygens (including phenoxy) is 1. The number of rotatable bonds is 7. The van der Waals surface area contributed by atoms with Crippen molar-refractivity contribution < 1.29 is 14.3 Å². The summed E-state index contributed by atoms with van der Waals surface area (Å²) in [6, 6.07) is 0. The number of esters is 1. The van der Waals surface area contributed by atoms with Crippen molar-refractivity contribution in [1.82, 2.24) is 5.32 Å². The summed E-state index contributed by atoms with van der Waals surface area (Å²) in [6.07, 6.45) is 5.96. The fourth-order valence-electron chi connectivity index (χ4n) is 1.44. The molecule has 0 aromatic heterocycles. The topological polar surface area (TPSA) is 55.4 Å². The minimum absolute atomic E-state index is 0.0819. The first-order valence-corrected chi connectivity index (χ1v) is 6.88. The van der Waals surface area contributed by atoms with E-state index in [0.29, 0.717) is 5.57 Å². The van der Waals surface area contributed by atoms with E-state index in [1.54, 1.807) is 6.92 Å². The smallest absolute Gasteiger partial charge is 0.332 e. The number of methoxy groups -OCH3 is 1. The highest BCUT2D eigenvalue weighted by atomic mass is 16.5. The normalized spacial score (nSPS) is 9.85. The Bertz CT molecular complexity index is 333. The molecule has 0 heterocycles. The molecular weight excluding hydrogens is 254 g/mol. The van der Waals surface area contributed by atoms with Gasteiger partial charge in [0.25, 0.3) is 0 Å². The molecule has 0 aliphatic carbocycles. The lowest BCUT2D eigenvalue weighted by Gasteiger charge is -2.25. The molecule has 0 aliphatic heterocycles. The molecule has 0 rings (SSSR count). The van der Waals surface area contributed by atoms with Gasteiger partial charge in [0.2, 0.25) is 5.91 Å². The molecule has 0 saturated carbocycles. The van der Waals surface area contributed by atoms with Crippen molar-refractivity contribution in [1.29, 1.82) is 0 Å². The maximum Gasteiger partial charge on any atom is 0.332 e. The lowest BCUT2D eigenvalue weighted by atomic mass is 9.97. The Morgan fingerprint density at radius 2 is 1.85 bits per heavy atom. The average molecular weight is 283 g/mol. The van der Waals surface area contributed by atoms with Crippen LogP contribution >= 0.6 is 0 Å². The van der Waals surface area contributed by atoms with Crippen LogP contribution in [0.2, 0.25) is 0 Å². The lowest BCUT2D eigenvalue weighted by Crippen LogP contribution is -2.42. The van der Waals surface area contributed by atoms with Crippen LogP contribution in [0, 0.1) is 0 Å². The quantitative estimate of drug-likeness (QED) is 0.443. The van der Waals surface area contributed by atoms with E-state index in [0.717, 1.165) is 6.42 Å². The maximum atomic E-state index is 11.0. The Morgan fingerprint density at radius 1 is 1.30 bits per heavy atom. The number of nitrogens with one attached hydrogen (secondary N) is 1. The number of carbonyl (C=O) groups excluding carboxylic acids is 2. The third-order valence-electron chi connectivity index (χ3n) is 2.59. The number of amides is 1. The molecular formula is C16H29NO3. The Balaban J connectivity index is 0. The van der Waals surface area contributed by atoms with E-state index in [-0.39, 0.29) is 17.4 Å². The molecule has 0 spiro atoms. The minimum atomic E-state index is -0.347. The van der Waals surface area contributed by atoms with Gasteiger partial charge in [-0.25, -0.2) is 4.79 Å². The second kappa shape index (κ2) is 11.3. The van der Waals surface area contributed by atoms with Crippen LogP contribution in [0.1, 0.15) is 53.4 Å². The largest absolute Gasteiger partial charge is 0.466 e. The first-order valence-electron chi connectivity index (χ1n) is 6.88. The average Bonchev–Trinajstić information content (AvgIpc) is 2.37. The minimum Gasteiger partial charge on any atom is -0.466 e. The van der Waals surface area contributed by atoms with Gasteiger partial charge >= 0.3 is 5.97 Å². The van der Waals surface area contributed by atoms with Crippen molar-refractivity contribution in [3.05, 3.63) is 24.8 Å². The molecule has 20 heavy (non-hydrogen) atoms. The molecule has 0 aromatic carbocycles. The van der Waals surface area contributed by atoms with Crippen molar-refractivity contribution >= 4 is 11.9 Å². The third kappa shape index (κ3) is 12.9. The fraction of sp³-hybridized carbons (Fsp3) is 0.625. The highest BCUT2D eigenvalue weighted by Gasteiger charge is 2.17. The summed E-state index contributed by atoms with van der Waals surface area (Å²) >= 11 is 0. The monoisotopic (exact) mass is 283 g/mol. The molecule has 116 valence electrons. The zero-order valence-corrected chi connectivity index (χ0v) is 13.5. The van der Waals surface area contributed by atoms with Crippen LogP contribution in [-0.2, 0) is 14.3 Å². The van der Waals surface area contributed by atoms with Gasteiger partial charge in [0.15, 0.2) is 0 Å². The number of unbranched alkanes of at least 4 members (excludes halogenated alkanes) is 2. The van der Waals surface area contributed by atoms with E-state index in [4.69, 9.17) is 0 Å². The van der Waals surface area contributed by atoms with Crippen molar-refractivity contribution in [3.63, 3.8) is 0 Å². The molecule has 0 radical (unpaired) electrons. The summed E-state index contributed by atoms with van der Waals surface area (Å²) in [6.45, 7) is 14.7. The molecule has 1 N–H and O–H groups in total. The van der Waals surface area contributed by atoms with Gasteiger partial charge in [0.1, 0.15) is 0 Å². The molecule has 0 atom stereocenters. The second-order valence-corrected chi connectivity index (χ2v) is 5.31. The first-order chi connectivity index (χ1) is 9.20. The standard InChI is InChI=1S/C11H21NO.C5H8O2/c1-5-7-8-9-11(3,4)12-10(13)6-2;1-4(2)5(6)7-3/h6H,2,5,7-9H2,1,3-4H3,(H,12,13);1H2,2-3H3. The SMILES string of the molecule is C=C(C)C(=O)OC.C=CC(=O)NC(C)(C)CCCCC. The molecule has 1 amide bonds. The van der Waals surface area contributed by atoms with Gasteiger partial charge in [-0.3, -0.25) is 4.79 Å². The van der Waals surface area contributed by atoms with Gasteiger partial charge in [-0.05, 0) is 33.3 Å². The highest BCUT2D eigenvalue weighted by molar-refractivity contribution is 5.87. The number of hydrogen-bond acceptors (Lipinski definition) is 3. The lowest BCUT2D eigenvalue weighted by molar-refractivity contribution is -0.136. The predicted molar refractivity (Wildman–Crippen MR) is 83.4 cm³/mol. The Kier molecular flexibility index (Phi) is 11.7. The summed E-state index contributed by atoms with van der Waals surface area (Å²) in [5.74, 6) is -0.429. The van der Waals surface area contributed by atoms with Crippen LogP contribution in [-0.4, -0.2) is 24.5 Å². The molecule has 0 bridgehead atoms. The van der Waals surface area contributed by atoms with Crippen molar-refractivity contribution in [3.8, 4) is 0 Å². The van der Waals surface area contributed by atoms with Gasteiger partial charge in [0, 0.05) is 11.1 Å². The number of hydrogen-bond donors (Lipinski definition) is 1. The molecule has 4 nitrogen and oxygen atoms in total. The van der Waals surface area contributed by atoms with Crippen molar-refractivity contribution in [2.75, 3.05) is 7.11 Å². The molecule has 0 aliphatic rings.